The van der Waals surface area contributed by atoms with E-state index in [1.165, 1.54) is 0 Å². The molecule has 1 saturated carbocycles. The quantitative estimate of drug-likeness (QED) is 0.421. The Morgan fingerprint density at radius 3 is 2.27 bits per heavy atom. The van der Waals surface area contributed by atoms with Crippen LogP contribution >= 0.6 is 0 Å². The number of Topliss-reactive ketones (excluding diaryl/α,β-unsaturated/α-hetero) is 2. The van der Waals surface area contributed by atoms with Crippen LogP contribution in [0.3, 0.4) is 0 Å². The maximum absolute atomic E-state index is 11.3. The van der Waals surface area contributed by atoms with Crippen LogP contribution in [-0.4, -0.2) is 11.6 Å². The first-order valence-electron chi connectivity index (χ1n) is 3.78. The van der Waals surface area contributed by atoms with E-state index in [1.54, 1.807) is 0 Å². The van der Waals surface area contributed by atoms with Gasteiger partial charge in [0, 0.05) is 11.8 Å². The fourth-order valence-electron chi connectivity index (χ4n) is 1.32. The van der Waals surface area contributed by atoms with Gasteiger partial charge in [0.15, 0.2) is 11.6 Å². The molecule has 0 aromatic carbocycles. The highest BCUT2D eigenvalue weighted by Gasteiger charge is 2.43. The van der Waals surface area contributed by atoms with Gasteiger partial charge in [-0.15, -0.1) is 0 Å². The molecule has 0 N–H and O–H groups in total. The first kappa shape index (κ1) is 8.18. The highest BCUT2D eigenvalue weighted by molar-refractivity contribution is 6.27. The molecular formula is C9H12O2. The van der Waals surface area contributed by atoms with Gasteiger partial charge in [-0.2, -0.15) is 0 Å². The molecule has 1 fully saturated rings. The zero-order chi connectivity index (χ0) is 8.65. The van der Waals surface area contributed by atoms with Gasteiger partial charge in [-0.3, -0.25) is 9.59 Å². The van der Waals surface area contributed by atoms with Crippen LogP contribution in [0.1, 0.15) is 26.7 Å². The largest absolute Gasteiger partial charge is 0.294 e. The molecule has 0 bridgehead atoms. The molecule has 1 aliphatic carbocycles. The van der Waals surface area contributed by atoms with Crippen LogP contribution in [0, 0.1) is 5.41 Å². The van der Waals surface area contributed by atoms with Crippen LogP contribution < -0.4 is 0 Å². The molecule has 60 valence electrons. The molecule has 1 atom stereocenters. The van der Waals surface area contributed by atoms with Crippen molar-refractivity contribution in [2.75, 3.05) is 0 Å². The molecule has 0 aromatic rings. The monoisotopic (exact) mass is 152 g/mol. The van der Waals surface area contributed by atoms with E-state index in [-0.39, 0.29) is 17.1 Å². The average Bonchev–Trinajstić information content (AvgIpc) is 2.17. The van der Waals surface area contributed by atoms with Gasteiger partial charge >= 0.3 is 0 Å². The molecule has 0 radical (unpaired) electrons. The third kappa shape index (κ3) is 1.02. The lowest BCUT2D eigenvalue weighted by Crippen LogP contribution is -2.20. The van der Waals surface area contributed by atoms with Crippen LogP contribution in [0.5, 0.6) is 0 Å². The molecule has 0 aliphatic heterocycles. The third-order valence-corrected chi connectivity index (χ3v) is 2.49. The van der Waals surface area contributed by atoms with Crippen molar-refractivity contribution < 1.29 is 9.59 Å². The van der Waals surface area contributed by atoms with Gasteiger partial charge in [0.05, 0.1) is 5.57 Å². The normalized spacial score (nSPS) is 31.6. The standard InChI is InChI=1S/C9H12O2/c1-4-9(3)5-7(10)6(2)8(9)11/h2,4-5H2,1,3H3. The van der Waals surface area contributed by atoms with Crippen molar-refractivity contribution in [3.63, 3.8) is 0 Å². The summed E-state index contributed by atoms with van der Waals surface area (Å²) in [7, 11) is 0. The molecule has 0 heterocycles. The first-order valence-corrected chi connectivity index (χ1v) is 3.78. The van der Waals surface area contributed by atoms with Crippen molar-refractivity contribution >= 4 is 11.6 Å². The molecule has 1 rings (SSSR count). The second-order valence-electron chi connectivity index (χ2n) is 3.32. The van der Waals surface area contributed by atoms with Crippen LogP contribution in [0.25, 0.3) is 0 Å². The minimum atomic E-state index is -0.450. The predicted molar refractivity (Wildman–Crippen MR) is 42.2 cm³/mol. The summed E-state index contributed by atoms with van der Waals surface area (Å²) in [6, 6.07) is 0. The molecule has 0 amide bonds. The van der Waals surface area contributed by atoms with Crippen molar-refractivity contribution in [2.24, 2.45) is 5.41 Å². The Labute approximate surface area is 66.3 Å². The summed E-state index contributed by atoms with van der Waals surface area (Å²) < 4.78 is 0. The Hall–Kier alpha value is -0.920. The van der Waals surface area contributed by atoms with Crippen molar-refractivity contribution in [3.05, 3.63) is 12.2 Å². The Morgan fingerprint density at radius 2 is 2.09 bits per heavy atom. The Morgan fingerprint density at radius 1 is 1.55 bits per heavy atom. The van der Waals surface area contributed by atoms with Crippen LogP contribution in [-0.2, 0) is 9.59 Å². The molecule has 1 aliphatic rings. The lowest BCUT2D eigenvalue weighted by Gasteiger charge is -2.16. The zero-order valence-corrected chi connectivity index (χ0v) is 6.94. The van der Waals surface area contributed by atoms with E-state index in [0.717, 1.165) is 6.42 Å². The van der Waals surface area contributed by atoms with E-state index in [0.29, 0.717) is 6.42 Å². The first-order chi connectivity index (χ1) is 5.01. The third-order valence-electron chi connectivity index (χ3n) is 2.49. The summed E-state index contributed by atoms with van der Waals surface area (Å²) in [6.07, 6.45) is 1.07. The van der Waals surface area contributed by atoms with Gasteiger partial charge in [-0.05, 0) is 6.42 Å². The number of carbonyl (C=O) groups is 2. The summed E-state index contributed by atoms with van der Waals surface area (Å²) in [6.45, 7) is 7.21. The summed E-state index contributed by atoms with van der Waals surface area (Å²) in [4.78, 5) is 22.4. The molecule has 2 nitrogen and oxygen atoms in total. The summed E-state index contributed by atoms with van der Waals surface area (Å²) in [5.41, 5.74) is -0.261. The molecule has 1 unspecified atom stereocenters. The van der Waals surface area contributed by atoms with Crippen LogP contribution in [0.2, 0.25) is 0 Å². The zero-order valence-electron chi connectivity index (χ0n) is 6.94. The summed E-state index contributed by atoms with van der Waals surface area (Å²) >= 11 is 0. The van der Waals surface area contributed by atoms with Gasteiger partial charge < -0.3 is 0 Å². The topological polar surface area (TPSA) is 34.1 Å². The van der Waals surface area contributed by atoms with Crippen molar-refractivity contribution in [1.82, 2.24) is 0 Å². The van der Waals surface area contributed by atoms with Gasteiger partial charge in [0.2, 0.25) is 0 Å². The van der Waals surface area contributed by atoms with E-state index in [2.05, 4.69) is 6.58 Å². The Bertz CT molecular complexity index is 240. The fourth-order valence-corrected chi connectivity index (χ4v) is 1.32. The highest BCUT2D eigenvalue weighted by Crippen LogP contribution is 2.37. The highest BCUT2D eigenvalue weighted by atomic mass is 16.2. The van der Waals surface area contributed by atoms with Crippen LogP contribution in [0.15, 0.2) is 12.2 Å². The number of carbonyl (C=O) groups excluding carboxylic acids is 2. The van der Waals surface area contributed by atoms with Crippen molar-refractivity contribution in [1.29, 1.82) is 0 Å². The van der Waals surface area contributed by atoms with Gasteiger partial charge in [-0.1, -0.05) is 20.4 Å². The smallest absolute Gasteiger partial charge is 0.172 e. The summed E-state index contributed by atoms with van der Waals surface area (Å²) in [5, 5.41) is 0. The SMILES string of the molecule is C=C1C(=O)CC(C)(CC)C1=O. The fraction of sp³-hybridized carbons (Fsp3) is 0.556. The Balaban J connectivity index is 3.00. The summed E-state index contributed by atoms with van der Waals surface area (Å²) in [5.74, 6) is -0.149. The van der Waals surface area contributed by atoms with Crippen LogP contribution in [0.4, 0.5) is 0 Å². The number of rotatable bonds is 1. The average molecular weight is 152 g/mol. The minimum absolute atomic E-state index is 0.0648. The van der Waals surface area contributed by atoms with Gasteiger partial charge in [0.25, 0.3) is 0 Å². The van der Waals surface area contributed by atoms with Gasteiger partial charge in [-0.25, -0.2) is 0 Å². The molecule has 0 aromatic heterocycles. The number of hydrogen-bond acceptors (Lipinski definition) is 2. The van der Waals surface area contributed by atoms with E-state index in [1.807, 2.05) is 13.8 Å². The van der Waals surface area contributed by atoms with E-state index in [4.69, 9.17) is 0 Å². The number of allylic oxidation sites excluding steroid dienone is 1. The molecular weight excluding hydrogens is 140 g/mol. The van der Waals surface area contributed by atoms with Gasteiger partial charge in [0.1, 0.15) is 0 Å². The van der Waals surface area contributed by atoms with E-state index < -0.39 is 5.41 Å². The second-order valence-corrected chi connectivity index (χ2v) is 3.32. The molecule has 0 saturated heterocycles. The predicted octanol–water partition coefficient (Wildman–Crippen LogP) is 1.50. The lowest BCUT2D eigenvalue weighted by molar-refractivity contribution is -0.122. The maximum atomic E-state index is 11.3. The second kappa shape index (κ2) is 2.29. The van der Waals surface area contributed by atoms with Crippen molar-refractivity contribution in [2.45, 2.75) is 26.7 Å². The molecule has 11 heavy (non-hydrogen) atoms. The number of ketones is 2. The minimum Gasteiger partial charge on any atom is -0.294 e. The maximum Gasteiger partial charge on any atom is 0.172 e. The lowest BCUT2D eigenvalue weighted by atomic mass is 9.85. The van der Waals surface area contributed by atoms with E-state index >= 15 is 0 Å². The molecule has 2 heteroatoms. The number of hydrogen-bond donors (Lipinski definition) is 0. The van der Waals surface area contributed by atoms with Crippen molar-refractivity contribution in [3.8, 4) is 0 Å². The Kier molecular flexibility index (Phi) is 1.70. The molecule has 0 spiro atoms. The van der Waals surface area contributed by atoms with E-state index in [9.17, 15) is 9.59 Å².